The van der Waals surface area contributed by atoms with Gasteiger partial charge < -0.3 is 19.5 Å². The van der Waals surface area contributed by atoms with E-state index in [-0.39, 0.29) is 12.5 Å². The summed E-state index contributed by atoms with van der Waals surface area (Å²) in [7, 11) is -0.620. The third-order valence-corrected chi connectivity index (χ3v) is 6.71. The van der Waals surface area contributed by atoms with Gasteiger partial charge in [0.1, 0.15) is 23.9 Å². The van der Waals surface area contributed by atoms with Gasteiger partial charge in [-0.05, 0) is 53.9 Å². The summed E-state index contributed by atoms with van der Waals surface area (Å²) in [6.45, 7) is 2.88. The molecule has 0 fully saturated rings. The Labute approximate surface area is 212 Å². The second kappa shape index (κ2) is 12.3. The highest BCUT2D eigenvalue weighted by Crippen LogP contribution is 2.34. The zero-order valence-corrected chi connectivity index (χ0v) is 21.8. The maximum Gasteiger partial charge on any atom is 0.251 e. The fourth-order valence-electron chi connectivity index (χ4n) is 3.56. The zero-order chi connectivity index (χ0) is 26.1. The van der Waals surface area contributed by atoms with Gasteiger partial charge in [0.05, 0.1) is 39.3 Å². The van der Waals surface area contributed by atoms with Crippen LogP contribution in [0.3, 0.4) is 0 Å². The van der Waals surface area contributed by atoms with Crippen molar-refractivity contribution in [3.8, 4) is 17.2 Å². The maximum absolute atomic E-state index is 12.6. The van der Waals surface area contributed by atoms with Gasteiger partial charge in [-0.3, -0.25) is 9.10 Å². The second-order valence-corrected chi connectivity index (χ2v) is 10.0. The van der Waals surface area contributed by atoms with Crippen molar-refractivity contribution in [1.82, 2.24) is 5.32 Å². The van der Waals surface area contributed by atoms with Crippen molar-refractivity contribution < 1.29 is 27.4 Å². The smallest absolute Gasteiger partial charge is 0.251 e. The summed E-state index contributed by atoms with van der Waals surface area (Å²) in [5, 5.41) is 2.83. The van der Waals surface area contributed by atoms with Crippen LogP contribution in [0, 0.1) is 0 Å². The largest absolute Gasteiger partial charge is 0.497 e. The molecule has 1 N–H and O–H groups in total. The number of aryl methyl sites for hydroxylation is 1. The van der Waals surface area contributed by atoms with Crippen molar-refractivity contribution in [2.45, 2.75) is 19.9 Å². The predicted molar refractivity (Wildman–Crippen MR) is 141 cm³/mol. The number of rotatable bonds is 12. The van der Waals surface area contributed by atoms with Gasteiger partial charge in [0, 0.05) is 11.6 Å². The van der Waals surface area contributed by atoms with Crippen LogP contribution in [0.4, 0.5) is 5.69 Å². The number of nitrogens with zero attached hydrogens (tertiary/aromatic N) is 1. The second-order valence-electron chi connectivity index (χ2n) is 8.11. The van der Waals surface area contributed by atoms with Crippen LogP contribution in [0.2, 0.25) is 0 Å². The van der Waals surface area contributed by atoms with Gasteiger partial charge in [0.15, 0.2) is 0 Å². The fourth-order valence-corrected chi connectivity index (χ4v) is 4.45. The van der Waals surface area contributed by atoms with Crippen molar-refractivity contribution in [2.24, 2.45) is 0 Å². The Balaban J connectivity index is 1.61. The van der Waals surface area contributed by atoms with E-state index in [0.29, 0.717) is 41.5 Å². The molecule has 0 unspecified atom stereocenters. The minimum absolute atomic E-state index is 0.0775. The molecule has 3 aromatic carbocycles. The highest BCUT2D eigenvalue weighted by Gasteiger charge is 2.22. The molecule has 8 nitrogen and oxygen atoms in total. The Bertz CT molecular complexity index is 1260. The Hall–Kier alpha value is -3.72. The number of ether oxygens (including phenoxy) is 3. The van der Waals surface area contributed by atoms with E-state index in [4.69, 9.17) is 14.2 Å². The molecule has 0 aromatic heterocycles. The molecule has 0 saturated carbocycles. The standard InChI is InChI=1S/C27H32N2O6S/c1-5-20-8-12-23(13-9-20)35-17-16-28-27(30)22-10-6-21(7-11-22)19-29(36(4,31)32)25-15-14-24(33-2)18-26(25)34-3/h6-15,18H,5,16-17,19H2,1-4H3,(H,28,30). The SMILES string of the molecule is CCc1ccc(OCCNC(=O)c2ccc(CN(c3ccc(OC)cc3OC)S(C)(=O)=O)cc2)cc1. The van der Waals surface area contributed by atoms with Crippen molar-refractivity contribution in [3.05, 3.63) is 83.4 Å². The van der Waals surface area contributed by atoms with Gasteiger partial charge >= 0.3 is 0 Å². The molecule has 0 bridgehead atoms. The van der Waals surface area contributed by atoms with E-state index in [9.17, 15) is 13.2 Å². The lowest BCUT2D eigenvalue weighted by atomic mass is 10.1. The molecule has 0 aliphatic carbocycles. The van der Waals surface area contributed by atoms with Gasteiger partial charge in [-0.2, -0.15) is 0 Å². The lowest BCUT2D eigenvalue weighted by molar-refractivity contribution is 0.0947. The lowest BCUT2D eigenvalue weighted by Gasteiger charge is -2.24. The number of carbonyl (C=O) groups is 1. The van der Waals surface area contributed by atoms with Crippen LogP contribution in [0.5, 0.6) is 17.2 Å². The number of anilines is 1. The van der Waals surface area contributed by atoms with Crippen molar-refractivity contribution >= 4 is 21.6 Å². The average molecular weight is 513 g/mol. The van der Waals surface area contributed by atoms with Gasteiger partial charge in [-0.1, -0.05) is 31.2 Å². The molecule has 1 amide bonds. The van der Waals surface area contributed by atoms with E-state index in [1.165, 1.54) is 24.1 Å². The number of benzene rings is 3. The zero-order valence-electron chi connectivity index (χ0n) is 21.0. The molecule has 0 aliphatic heterocycles. The molecule has 36 heavy (non-hydrogen) atoms. The summed E-state index contributed by atoms with van der Waals surface area (Å²) in [5.41, 5.74) is 2.82. The van der Waals surface area contributed by atoms with Crippen LogP contribution >= 0.6 is 0 Å². The molecule has 0 atom stereocenters. The number of amides is 1. The summed E-state index contributed by atoms with van der Waals surface area (Å²) in [4.78, 5) is 12.5. The third-order valence-electron chi connectivity index (χ3n) is 5.59. The minimum Gasteiger partial charge on any atom is -0.497 e. The molecule has 0 spiro atoms. The molecule has 0 saturated heterocycles. The van der Waals surface area contributed by atoms with Gasteiger partial charge in [-0.25, -0.2) is 8.42 Å². The van der Waals surface area contributed by atoms with E-state index < -0.39 is 10.0 Å². The first-order chi connectivity index (χ1) is 17.2. The number of nitrogens with one attached hydrogen (secondary N) is 1. The topological polar surface area (TPSA) is 94.2 Å². The average Bonchev–Trinajstić information content (AvgIpc) is 2.89. The highest BCUT2D eigenvalue weighted by atomic mass is 32.2. The molecule has 192 valence electrons. The maximum atomic E-state index is 12.6. The van der Waals surface area contributed by atoms with Crippen molar-refractivity contribution in [3.63, 3.8) is 0 Å². The van der Waals surface area contributed by atoms with Gasteiger partial charge in [-0.15, -0.1) is 0 Å². The Morgan fingerprint density at radius 3 is 2.11 bits per heavy atom. The lowest BCUT2D eigenvalue weighted by Crippen LogP contribution is -2.30. The highest BCUT2D eigenvalue weighted by molar-refractivity contribution is 7.92. The minimum atomic E-state index is -3.62. The van der Waals surface area contributed by atoms with Crippen LogP contribution in [0.15, 0.2) is 66.7 Å². The Kier molecular flexibility index (Phi) is 9.19. The first-order valence-corrected chi connectivity index (χ1v) is 13.4. The summed E-state index contributed by atoms with van der Waals surface area (Å²) in [6.07, 6.45) is 2.11. The first-order valence-electron chi connectivity index (χ1n) is 11.5. The van der Waals surface area contributed by atoms with E-state index in [1.54, 1.807) is 42.5 Å². The van der Waals surface area contributed by atoms with E-state index >= 15 is 0 Å². The number of methoxy groups -OCH3 is 2. The monoisotopic (exact) mass is 512 g/mol. The van der Waals surface area contributed by atoms with Crippen LogP contribution < -0.4 is 23.8 Å². The van der Waals surface area contributed by atoms with Crippen LogP contribution in [0.1, 0.15) is 28.4 Å². The molecule has 0 radical (unpaired) electrons. The van der Waals surface area contributed by atoms with Crippen molar-refractivity contribution in [2.75, 3.05) is 37.9 Å². The van der Waals surface area contributed by atoms with Crippen molar-refractivity contribution in [1.29, 1.82) is 0 Å². The van der Waals surface area contributed by atoms with Gasteiger partial charge in [0.2, 0.25) is 10.0 Å². The molecule has 0 aliphatic rings. The number of hydrogen-bond donors (Lipinski definition) is 1. The van der Waals surface area contributed by atoms with Crippen LogP contribution in [0.25, 0.3) is 0 Å². The van der Waals surface area contributed by atoms with E-state index in [1.807, 2.05) is 24.3 Å². The summed E-state index contributed by atoms with van der Waals surface area (Å²) in [5.74, 6) is 1.46. The summed E-state index contributed by atoms with van der Waals surface area (Å²) in [6, 6.07) is 19.6. The Morgan fingerprint density at radius 1 is 0.889 bits per heavy atom. The quantitative estimate of drug-likeness (QED) is 0.368. The Morgan fingerprint density at radius 2 is 1.53 bits per heavy atom. The molecule has 3 aromatic rings. The number of carbonyl (C=O) groups excluding carboxylic acids is 1. The van der Waals surface area contributed by atoms with Crippen LogP contribution in [-0.2, 0) is 23.0 Å². The van der Waals surface area contributed by atoms with E-state index in [2.05, 4.69) is 12.2 Å². The van der Waals surface area contributed by atoms with Gasteiger partial charge in [0.25, 0.3) is 5.91 Å². The number of sulfonamides is 1. The van der Waals surface area contributed by atoms with E-state index in [0.717, 1.165) is 18.4 Å². The van der Waals surface area contributed by atoms with Crippen LogP contribution in [-0.4, -0.2) is 48.0 Å². The predicted octanol–water partition coefficient (Wildman–Crippen LogP) is 4.04. The molecule has 9 heteroatoms. The normalized spacial score (nSPS) is 11.0. The molecular formula is C27H32N2O6S. The molecule has 0 heterocycles. The first kappa shape index (κ1) is 26.9. The fraction of sp³-hybridized carbons (Fsp3) is 0.296. The number of hydrogen-bond acceptors (Lipinski definition) is 6. The molecule has 3 rings (SSSR count). The summed E-state index contributed by atoms with van der Waals surface area (Å²) >= 11 is 0. The molecular weight excluding hydrogens is 480 g/mol. The third kappa shape index (κ3) is 7.14. The summed E-state index contributed by atoms with van der Waals surface area (Å²) < 4.78 is 42.7.